The van der Waals surface area contributed by atoms with Crippen molar-refractivity contribution in [1.82, 2.24) is 5.32 Å². The Hall–Kier alpha value is -1.56. The van der Waals surface area contributed by atoms with Gasteiger partial charge in [-0.15, -0.1) is 0 Å². The maximum atomic E-state index is 6.11. The summed E-state index contributed by atoms with van der Waals surface area (Å²) in [6.45, 7) is 2.95. The van der Waals surface area contributed by atoms with Gasteiger partial charge in [-0.2, -0.15) is 0 Å². The molecule has 1 aliphatic rings. The van der Waals surface area contributed by atoms with Gasteiger partial charge in [0, 0.05) is 29.7 Å². The normalized spacial score (nSPS) is 16.8. The zero-order valence-corrected chi connectivity index (χ0v) is 16.1. The molecule has 25 heavy (non-hydrogen) atoms. The summed E-state index contributed by atoms with van der Waals surface area (Å²) in [5.41, 5.74) is 2.20. The maximum Gasteiger partial charge on any atom is 0.166 e. The third-order valence-corrected chi connectivity index (χ3v) is 4.71. The lowest BCUT2D eigenvalue weighted by Crippen LogP contribution is -2.26. The fourth-order valence-corrected chi connectivity index (χ4v) is 3.46. The summed E-state index contributed by atoms with van der Waals surface area (Å²) in [6.07, 6.45) is 2.61. The second kappa shape index (κ2) is 9.22. The molecule has 134 valence electrons. The van der Waals surface area contributed by atoms with Crippen molar-refractivity contribution in [2.45, 2.75) is 32.1 Å². The Kier molecular flexibility index (Phi) is 6.73. The van der Waals surface area contributed by atoms with Gasteiger partial charge in [0.15, 0.2) is 11.5 Å². The Bertz CT molecular complexity index is 672. The maximum absolute atomic E-state index is 6.11. The smallest absolute Gasteiger partial charge is 0.166 e. The van der Waals surface area contributed by atoms with Gasteiger partial charge in [-0.3, -0.25) is 0 Å². The van der Waals surface area contributed by atoms with Crippen LogP contribution in [0.2, 0.25) is 0 Å². The molecule has 1 atom stereocenters. The molecule has 0 amide bonds. The third kappa shape index (κ3) is 5.21. The number of ether oxygens (including phenoxy) is 3. The van der Waals surface area contributed by atoms with Crippen molar-refractivity contribution in [2.75, 3.05) is 20.3 Å². The van der Waals surface area contributed by atoms with Crippen molar-refractivity contribution < 1.29 is 14.2 Å². The minimum Gasteiger partial charge on any atom is -0.493 e. The van der Waals surface area contributed by atoms with Crippen LogP contribution < -0.4 is 14.8 Å². The van der Waals surface area contributed by atoms with E-state index in [1.54, 1.807) is 7.11 Å². The van der Waals surface area contributed by atoms with Gasteiger partial charge in [0.25, 0.3) is 0 Å². The molecular formula is C20H24BrNO3. The second-order valence-corrected chi connectivity index (χ2v) is 7.05. The fraction of sp³-hybridized carbons (Fsp3) is 0.400. The lowest BCUT2D eigenvalue weighted by Gasteiger charge is -2.17. The van der Waals surface area contributed by atoms with Gasteiger partial charge < -0.3 is 19.5 Å². The summed E-state index contributed by atoms with van der Waals surface area (Å²) in [6, 6.07) is 14.2. The Morgan fingerprint density at radius 2 is 2.08 bits per heavy atom. The number of methoxy groups -OCH3 is 1. The number of hydrogen-bond donors (Lipinski definition) is 1. The van der Waals surface area contributed by atoms with Crippen LogP contribution in [0.5, 0.6) is 11.5 Å². The SMILES string of the molecule is COc1cc(Br)cc(CNC[C@H]2CCCO2)c1OCc1ccccc1. The molecule has 1 saturated heterocycles. The fourth-order valence-electron chi connectivity index (χ4n) is 2.97. The van der Waals surface area contributed by atoms with Crippen molar-refractivity contribution in [3.8, 4) is 11.5 Å². The summed E-state index contributed by atoms with van der Waals surface area (Å²) in [5.74, 6) is 1.52. The number of halogens is 1. The standard InChI is InChI=1S/C20H24BrNO3/c1-23-19-11-17(21)10-16(12-22-13-18-8-5-9-24-18)20(19)25-14-15-6-3-2-4-7-15/h2-4,6-7,10-11,18,22H,5,8-9,12-14H2,1H3/t18-/m1/s1. The molecule has 0 aliphatic carbocycles. The molecule has 0 saturated carbocycles. The molecule has 0 unspecified atom stereocenters. The predicted octanol–water partition coefficient (Wildman–Crippen LogP) is 4.31. The van der Waals surface area contributed by atoms with Crippen LogP contribution in [-0.4, -0.2) is 26.4 Å². The minimum atomic E-state index is 0.322. The number of rotatable bonds is 8. The lowest BCUT2D eigenvalue weighted by atomic mass is 10.1. The highest BCUT2D eigenvalue weighted by molar-refractivity contribution is 9.10. The first kappa shape index (κ1) is 18.2. The topological polar surface area (TPSA) is 39.7 Å². The Balaban J connectivity index is 1.69. The first-order valence-electron chi connectivity index (χ1n) is 8.61. The zero-order valence-electron chi connectivity index (χ0n) is 14.5. The molecule has 1 N–H and O–H groups in total. The molecule has 4 nitrogen and oxygen atoms in total. The van der Waals surface area contributed by atoms with Crippen molar-refractivity contribution in [1.29, 1.82) is 0 Å². The Labute approximate surface area is 157 Å². The van der Waals surface area contributed by atoms with Crippen LogP contribution in [0.1, 0.15) is 24.0 Å². The summed E-state index contributed by atoms with van der Waals surface area (Å²) in [5, 5.41) is 3.48. The monoisotopic (exact) mass is 405 g/mol. The van der Waals surface area contributed by atoms with E-state index >= 15 is 0 Å². The molecule has 0 spiro atoms. The van der Waals surface area contributed by atoms with Gasteiger partial charge in [0.2, 0.25) is 0 Å². The zero-order chi connectivity index (χ0) is 17.5. The highest BCUT2D eigenvalue weighted by atomic mass is 79.9. The van der Waals surface area contributed by atoms with E-state index in [0.717, 1.165) is 53.1 Å². The average molecular weight is 406 g/mol. The third-order valence-electron chi connectivity index (χ3n) is 4.25. The number of benzene rings is 2. The van der Waals surface area contributed by atoms with Gasteiger partial charge in [-0.25, -0.2) is 0 Å². The van der Waals surface area contributed by atoms with Gasteiger partial charge in [-0.05, 0) is 30.5 Å². The van der Waals surface area contributed by atoms with E-state index in [-0.39, 0.29) is 0 Å². The Morgan fingerprint density at radius 1 is 1.24 bits per heavy atom. The highest BCUT2D eigenvalue weighted by Gasteiger charge is 2.17. The van der Waals surface area contributed by atoms with E-state index in [1.807, 2.05) is 24.3 Å². The minimum absolute atomic E-state index is 0.322. The molecule has 0 bridgehead atoms. The second-order valence-electron chi connectivity index (χ2n) is 6.14. The molecule has 5 heteroatoms. The quantitative estimate of drug-likeness (QED) is 0.710. The van der Waals surface area contributed by atoms with E-state index in [1.165, 1.54) is 0 Å². The molecule has 1 heterocycles. The Morgan fingerprint density at radius 3 is 2.80 bits per heavy atom. The van der Waals surface area contributed by atoms with Gasteiger partial charge >= 0.3 is 0 Å². The summed E-state index contributed by atoms with van der Waals surface area (Å²) >= 11 is 3.55. The van der Waals surface area contributed by atoms with Crippen LogP contribution >= 0.6 is 15.9 Å². The summed E-state index contributed by atoms with van der Waals surface area (Å²) in [7, 11) is 1.67. The first-order chi connectivity index (χ1) is 12.3. The van der Waals surface area contributed by atoms with E-state index in [2.05, 4.69) is 39.4 Å². The van der Waals surface area contributed by atoms with Crippen molar-refractivity contribution in [2.24, 2.45) is 0 Å². The van der Waals surface area contributed by atoms with Crippen LogP contribution in [0.25, 0.3) is 0 Å². The molecule has 0 radical (unpaired) electrons. The van der Waals surface area contributed by atoms with Crippen LogP contribution in [0.4, 0.5) is 0 Å². The van der Waals surface area contributed by atoms with Crippen LogP contribution in [0, 0.1) is 0 Å². The van der Waals surface area contributed by atoms with E-state index < -0.39 is 0 Å². The van der Waals surface area contributed by atoms with Gasteiger partial charge in [0.05, 0.1) is 13.2 Å². The van der Waals surface area contributed by atoms with Crippen molar-refractivity contribution >= 4 is 15.9 Å². The van der Waals surface area contributed by atoms with Gasteiger partial charge in [0.1, 0.15) is 6.61 Å². The molecule has 2 aromatic rings. The predicted molar refractivity (Wildman–Crippen MR) is 102 cm³/mol. The van der Waals surface area contributed by atoms with Crippen LogP contribution in [0.15, 0.2) is 46.9 Å². The van der Waals surface area contributed by atoms with E-state index in [9.17, 15) is 0 Å². The molecule has 0 aromatic heterocycles. The number of hydrogen-bond acceptors (Lipinski definition) is 4. The molecule has 1 fully saturated rings. The molecule has 3 rings (SSSR count). The molecule has 1 aliphatic heterocycles. The van der Waals surface area contributed by atoms with Crippen molar-refractivity contribution in [3.63, 3.8) is 0 Å². The summed E-state index contributed by atoms with van der Waals surface area (Å²) in [4.78, 5) is 0. The van der Waals surface area contributed by atoms with E-state index in [0.29, 0.717) is 19.3 Å². The molecular weight excluding hydrogens is 382 g/mol. The van der Waals surface area contributed by atoms with Gasteiger partial charge in [-0.1, -0.05) is 46.3 Å². The largest absolute Gasteiger partial charge is 0.493 e. The highest BCUT2D eigenvalue weighted by Crippen LogP contribution is 2.35. The number of nitrogens with one attached hydrogen (secondary N) is 1. The van der Waals surface area contributed by atoms with Crippen LogP contribution in [0.3, 0.4) is 0 Å². The van der Waals surface area contributed by atoms with Crippen molar-refractivity contribution in [3.05, 3.63) is 58.1 Å². The average Bonchev–Trinajstić information content (AvgIpc) is 3.14. The summed E-state index contributed by atoms with van der Waals surface area (Å²) < 4.78 is 18.3. The molecule has 2 aromatic carbocycles. The lowest BCUT2D eigenvalue weighted by molar-refractivity contribution is 0.110. The first-order valence-corrected chi connectivity index (χ1v) is 9.41. The van der Waals surface area contributed by atoms with Crippen LogP contribution in [-0.2, 0) is 17.9 Å². The van der Waals surface area contributed by atoms with E-state index in [4.69, 9.17) is 14.2 Å².